The highest BCUT2D eigenvalue weighted by Gasteiger charge is 2.32. The molecule has 3 aromatic rings. The van der Waals surface area contributed by atoms with Crippen LogP contribution in [-0.4, -0.2) is 21.4 Å². The molecule has 134 valence electrons. The number of ether oxygens (including phenoxy) is 1. The number of nitrogens with one attached hydrogen (secondary N) is 1. The molecule has 0 saturated heterocycles. The lowest BCUT2D eigenvalue weighted by atomic mass is 9.93. The SMILES string of the molecule is Fc1ccc([C@H]2C[C@@H](c3ccccc3OC(F)F)n3ncnc3N2)cc1. The molecule has 0 unspecified atom stereocenters. The molecule has 2 aromatic carbocycles. The van der Waals surface area contributed by atoms with Crippen LogP contribution in [0.15, 0.2) is 54.9 Å². The lowest BCUT2D eigenvalue weighted by molar-refractivity contribution is -0.0507. The second kappa shape index (κ2) is 6.70. The van der Waals surface area contributed by atoms with E-state index in [-0.39, 0.29) is 23.7 Å². The smallest absolute Gasteiger partial charge is 0.387 e. The van der Waals surface area contributed by atoms with Gasteiger partial charge in [0.25, 0.3) is 0 Å². The van der Waals surface area contributed by atoms with Gasteiger partial charge in [-0.1, -0.05) is 30.3 Å². The maximum Gasteiger partial charge on any atom is 0.387 e. The van der Waals surface area contributed by atoms with Crippen molar-refractivity contribution in [2.75, 3.05) is 5.32 Å². The van der Waals surface area contributed by atoms with Crippen molar-refractivity contribution in [3.05, 3.63) is 71.8 Å². The molecule has 0 bridgehead atoms. The molecule has 0 spiro atoms. The van der Waals surface area contributed by atoms with Gasteiger partial charge < -0.3 is 10.1 Å². The van der Waals surface area contributed by atoms with E-state index in [0.29, 0.717) is 17.9 Å². The van der Waals surface area contributed by atoms with Gasteiger partial charge in [0.1, 0.15) is 17.9 Å². The summed E-state index contributed by atoms with van der Waals surface area (Å²) in [5.74, 6) is 0.302. The fraction of sp³-hybridized carbons (Fsp3) is 0.222. The Labute approximate surface area is 147 Å². The van der Waals surface area contributed by atoms with Gasteiger partial charge in [0.15, 0.2) is 0 Å². The third kappa shape index (κ3) is 3.10. The van der Waals surface area contributed by atoms with Crippen molar-refractivity contribution < 1.29 is 17.9 Å². The van der Waals surface area contributed by atoms with Crippen molar-refractivity contribution in [3.8, 4) is 5.75 Å². The number of fused-ring (bicyclic) bond motifs is 1. The third-order valence-electron chi connectivity index (χ3n) is 4.40. The van der Waals surface area contributed by atoms with E-state index in [9.17, 15) is 13.2 Å². The minimum Gasteiger partial charge on any atom is -0.434 e. The summed E-state index contributed by atoms with van der Waals surface area (Å²) in [6, 6.07) is 12.3. The minimum absolute atomic E-state index is 0.105. The minimum atomic E-state index is -2.92. The van der Waals surface area contributed by atoms with Crippen molar-refractivity contribution >= 4 is 5.95 Å². The predicted molar refractivity (Wildman–Crippen MR) is 88.6 cm³/mol. The average Bonchev–Trinajstić information content (AvgIpc) is 3.10. The first-order valence-electron chi connectivity index (χ1n) is 8.07. The highest BCUT2D eigenvalue weighted by molar-refractivity contribution is 5.42. The monoisotopic (exact) mass is 360 g/mol. The van der Waals surface area contributed by atoms with Crippen molar-refractivity contribution in [3.63, 3.8) is 0 Å². The maximum absolute atomic E-state index is 13.2. The quantitative estimate of drug-likeness (QED) is 0.759. The molecule has 1 aliphatic rings. The van der Waals surface area contributed by atoms with E-state index >= 15 is 0 Å². The molecule has 5 nitrogen and oxygen atoms in total. The number of halogens is 3. The molecule has 26 heavy (non-hydrogen) atoms. The summed E-state index contributed by atoms with van der Waals surface area (Å²) in [7, 11) is 0. The van der Waals surface area contributed by atoms with Crippen LogP contribution in [0.4, 0.5) is 19.1 Å². The fourth-order valence-electron chi connectivity index (χ4n) is 3.25. The van der Waals surface area contributed by atoms with Gasteiger partial charge in [-0.3, -0.25) is 0 Å². The summed E-state index contributed by atoms with van der Waals surface area (Å²) in [5, 5.41) is 7.47. The van der Waals surface area contributed by atoms with Gasteiger partial charge in [-0.05, 0) is 30.2 Å². The Hall–Kier alpha value is -3.03. The van der Waals surface area contributed by atoms with Crippen LogP contribution in [0, 0.1) is 5.82 Å². The highest BCUT2D eigenvalue weighted by Crippen LogP contribution is 2.40. The van der Waals surface area contributed by atoms with Gasteiger partial charge in [-0.25, -0.2) is 9.07 Å². The molecule has 2 atom stereocenters. The molecule has 0 aliphatic carbocycles. The summed E-state index contributed by atoms with van der Waals surface area (Å²) in [4.78, 5) is 4.19. The predicted octanol–water partition coefficient (Wildman–Crippen LogP) is 4.16. The van der Waals surface area contributed by atoms with Crippen molar-refractivity contribution in [2.24, 2.45) is 0 Å². The van der Waals surface area contributed by atoms with Gasteiger partial charge in [0, 0.05) is 5.56 Å². The molecule has 0 amide bonds. The first kappa shape index (κ1) is 16.4. The Morgan fingerprint density at radius 2 is 1.88 bits per heavy atom. The number of aromatic nitrogens is 3. The Bertz CT molecular complexity index is 897. The van der Waals surface area contributed by atoms with Crippen LogP contribution in [0.2, 0.25) is 0 Å². The topological polar surface area (TPSA) is 52.0 Å². The molecule has 2 heterocycles. The Kier molecular flexibility index (Phi) is 4.24. The number of rotatable bonds is 4. The molecule has 0 saturated carbocycles. The lowest BCUT2D eigenvalue weighted by Gasteiger charge is -2.32. The summed E-state index contributed by atoms with van der Waals surface area (Å²) in [5.41, 5.74) is 1.46. The summed E-state index contributed by atoms with van der Waals surface area (Å²) >= 11 is 0. The zero-order valence-electron chi connectivity index (χ0n) is 13.5. The van der Waals surface area contributed by atoms with Gasteiger partial charge in [-0.15, -0.1) is 0 Å². The van der Waals surface area contributed by atoms with E-state index in [0.717, 1.165) is 5.56 Å². The molecule has 1 aromatic heterocycles. The normalized spacial score (nSPS) is 19.1. The van der Waals surface area contributed by atoms with Crippen LogP contribution in [0.1, 0.15) is 29.6 Å². The number of para-hydroxylation sites is 1. The van der Waals surface area contributed by atoms with Gasteiger partial charge in [-0.2, -0.15) is 18.9 Å². The molecular weight excluding hydrogens is 345 g/mol. The summed E-state index contributed by atoms with van der Waals surface area (Å²) in [6.45, 7) is -2.92. The van der Waals surface area contributed by atoms with E-state index in [1.165, 1.54) is 24.5 Å². The number of nitrogens with zero attached hydrogens (tertiary/aromatic N) is 3. The first-order chi connectivity index (χ1) is 12.6. The summed E-state index contributed by atoms with van der Waals surface area (Å²) < 4.78 is 45.1. The number of anilines is 1. The van der Waals surface area contributed by atoms with Crippen LogP contribution >= 0.6 is 0 Å². The zero-order chi connectivity index (χ0) is 18.1. The molecule has 0 radical (unpaired) electrons. The number of hydrogen-bond donors (Lipinski definition) is 1. The zero-order valence-corrected chi connectivity index (χ0v) is 13.5. The van der Waals surface area contributed by atoms with Gasteiger partial charge in [0.2, 0.25) is 5.95 Å². The van der Waals surface area contributed by atoms with Crippen LogP contribution < -0.4 is 10.1 Å². The number of benzene rings is 2. The number of alkyl halides is 2. The molecule has 1 aliphatic heterocycles. The highest BCUT2D eigenvalue weighted by atomic mass is 19.3. The fourth-order valence-corrected chi connectivity index (χ4v) is 3.25. The second-order valence-electron chi connectivity index (χ2n) is 5.94. The van der Waals surface area contributed by atoms with Crippen molar-refractivity contribution in [1.29, 1.82) is 0 Å². The molecule has 8 heteroatoms. The van der Waals surface area contributed by atoms with Crippen LogP contribution in [-0.2, 0) is 0 Å². The molecule has 0 fully saturated rings. The lowest BCUT2D eigenvalue weighted by Crippen LogP contribution is -2.28. The van der Waals surface area contributed by atoms with E-state index in [2.05, 4.69) is 20.1 Å². The van der Waals surface area contributed by atoms with Crippen molar-refractivity contribution in [2.45, 2.75) is 25.1 Å². The molecular formula is C18H15F3N4O. The molecule has 1 N–H and O–H groups in total. The van der Waals surface area contributed by atoms with Crippen molar-refractivity contribution in [1.82, 2.24) is 14.8 Å². The largest absolute Gasteiger partial charge is 0.434 e. The Morgan fingerprint density at radius 3 is 2.65 bits per heavy atom. The van der Waals surface area contributed by atoms with Crippen LogP contribution in [0.5, 0.6) is 5.75 Å². The molecule has 4 rings (SSSR count). The average molecular weight is 360 g/mol. The van der Waals surface area contributed by atoms with Crippen LogP contribution in [0.25, 0.3) is 0 Å². The second-order valence-corrected chi connectivity index (χ2v) is 5.94. The standard InChI is InChI=1S/C18H15F3N4O/c19-12-7-5-11(6-8-12)14-9-15(25-18(24-14)22-10-23-25)13-3-1-2-4-16(13)26-17(20)21/h1-8,10,14-15,17H,9H2,(H,22,23,24)/t14-,15+/m1/s1. The van der Waals surface area contributed by atoms with Gasteiger partial charge >= 0.3 is 6.61 Å². The maximum atomic E-state index is 13.2. The van der Waals surface area contributed by atoms with E-state index in [1.54, 1.807) is 35.0 Å². The Balaban J connectivity index is 1.73. The van der Waals surface area contributed by atoms with Gasteiger partial charge in [0.05, 0.1) is 12.1 Å². The first-order valence-corrected chi connectivity index (χ1v) is 8.07. The Morgan fingerprint density at radius 1 is 1.12 bits per heavy atom. The van der Waals surface area contributed by atoms with Crippen LogP contribution in [0.3, 0.4) is 0 Å². The van der Waals surface area contributed by atoms with E-state index in [1.807, 2.05) is 0 Å². The van der Waals surface area contributed by atoms with E-state index < -0.39 is 6.61 Å². The van der Waals surface area contributed by atoms with E-state index in [4.69, 9.17) is 0 Å². The summed E-state index contributed by atoms with van der Waals surface area (Å²) in [6.07, 6.45) is 1.92. The third-order valence-corrected chi connectivity index (χ3v) is 4.40. The number of hydrogen-bond acceptors (Lipinski definition) is 4.